The molecular weight excluding hydrogens is 446 g/mol. The Labute approximate surface area is 202 Å². The van der Waals surface area contributed by atoms with Gasteiger partial charge in [0.15, 0.2) is 11.3 Å². The zero-order valence-electron chi connectivity index (χ0n) is 19.0. The first-order chi connectivity index (χ1) is 16.2. The first kappa shape index (κ1) is 21.2. The van der Waals surface area contributed by atoms with E-state index in [1.807, 2.05) is 62.5 Å². The standard InChI is InChI=1S/C27H24ClN5O/c1-16-11-23-30-13-19-12-22(17-5-9-21(28)10-6-17)24(31-25(19)33(23)32-16)18-3-7-20(8-4-18)27(29)14-26(2,34)15-27/h3-13,34H,14-15,29H2,1-2H3. The Hall–Kier alpha value is -3.32. The average molecular weight is 470 g/mol. The van der Waals surface area contributed by atoms with Crippen LogP contribution in [-0.4, -0.2) is 30.3 Å². The van der Waals surface area contributed by atoms with Crippen LogP contribution in [0, 0.1) is 6.92 Å². The monoisotopic (exact) mass is 469 g/mol. The van der Waals surface area contributed by atoms with Crippen LogP contribution < -0.4 is 5.73 Å². The third-order valence-electron chi connectivity index (χ3n) is 6.66. The van der Waals surface area contributed by atoms with Gasteiger partial charge in [0.25, 0.3) is 0 Å². The van der Waals surface area contributed by atoms with Gasteiger partial charge in [-0.3, -0.25) is 0 Å². The summed E-state index contributed by atoms with van der Waals surface area (Å²) in [5, 5.41) is 16.4. The molecule has 1 aliphatic rings. The van der Waals surface area contributed by atoms with Gasteiger partial charge in [-0.25, -0.2) is 9.97 Å². The summed E-state index contributed by atoms with van der Waals surface area (Å²) >= 11 is 6.15. The number of pyridine rings is 1. The van der Waals surface area contributed by atoms with Gasteiger partial charge in [0.2, 0.25) is 0 Å². The lowest BCUT2D eigenvalue weighted by Crippen LogP contribution is -2.58. The summed E-state index contributed by atoms with van der Waals surface area (Å²) in [6.07, 6.45) is 2.94. The Morgan fingerprint density at radius 2 is 1.68 bits per heavy atom. The third-order valence-corrected chi connectivity index (χ3v) is 6.91. The number of aromatic nitrogens is 4. The van der Waals surface area contributed by atoms with Gasteiger partial charge in [0, 0.05) is 39.3 Å². The minimum atomic E-state index is -0.698. The van der Waals surface area contributed by atoms with Gasteiger partial charge in [0.1, 0.15) is 0 Å². The lowest BCUT2D eigenvalue weighted by Gasteiger charge is -2.49. The predicted molar refractivity (Wildman–Crippen MR) is 135 cm³/mol. The molecule has 1 fully saturated rings. The van der Waals surface area contributed by atoms with E-state index < -0.39 is 11.1 Å². The molecule has 0 unspecified atom stereocenters. The topological polar surface area (TPSA) is 89.3 Å². The molecule has 0 spiro atoms. The lowest BCUT2D eigenvalue weighted by molar-refractivity contribution is -0.0738. The van der Waals surface area contributed by atoms with E-state index in [-0.39, 0.29) is 0 Å². The Morgan fingerprint density at radius 1 is 1.00 bits per heavy atom. The second-order valence-corrected chi connectivity index (χ2v) is 10.1. The van der Waals surface area contributed by atoms with Gasteiger partial charge < -0.3 is 10.8 Å². The van der Waals surface area contributed by atoms with Crippen molar-refractivity contribution in [3.05, 3.63) is 83.1 Å². The SMILES string of the molecule is Cc1cc2ncc3cc(-c4ccc(Cl)cc4)c(-c4ccc(C5(N)CC(C)(O)C5)cc4)nc3n2n1. The van der Waals surface area contributed by atoms with Crippen LogP contribution in [0.4, 0.5) is 0 Å². The molecule has 0 amide bonds. The molecule has 0 saturated heterocycles. The zero-order chi connectivity index (χ0) is 23.7. The van der Waals surface area contributed by atoms with Crippen molar-refractivity contribution < 1.29 is 5.11 Å². The first-order valence-corrected chi connectivity index (χ1v) is 11.6. The van der Waals surface area contributed by atoms with Crippen molar-refractivity contribution in [3.63, 3.8) is 0 Å². The number of nitrogens with two attached hydrogens (primary N) is 1. The Balaban J connectivity index is 1.53. The minimum Gasteiger partial charge on any atom is -0.390 e. The van der Waals surface area contributed by atoms with Gasteiger partial charge in [-0.15, -0.1) is 0 Å². The molecule has 2 aromatic carbocycles. The number of hydrogen-bond donors (Lipinski definition) is 2. The molecule has 6 nitrogen and oxygen atoms in total. The molecule has 3 heterocycles. The average Bonchev–Trinajstić information content (AvgIpc) is 3.18. The minimum absolute atomic E-state index is 0.498. The molecule has 3 N–H and O–H groups in total. The molecule has 34 heavy (non-hydrogen) atoms. The summed E-state index contributed by atoms with van der Waals surface area (Å²) in [6, 6.07) is 20.0. The number of fused-ring (bicyclic) bond motifs is 3. The van der Waals surface area contributed by atoms with E-state index in [1.54, 1.807) is 4.52 Å². The van der Waals surface area contributed by atoms with Crippen molar-refractivity contribution in [2.75, 3.05) is 0 Å². The maximum atomic E-state index is 10.2. The lowest BCUT2D eigenvalue weighted by atomic mass is 9.63. The van der Waals surface area contributed by atoms with Crippen LogP contribution in [0.3, 0.4) is 0 Å². The Kier molecular flexibility index (Phi) is 4.58. The van der Waals surface area contributed by atoms with Crippen molar-refractivity contribution in [2.24, 2.45) is 5.73 Å². The normalized spacial score (nSPS) is 22.3. The summed E-state index contributed by atoms with van der Waals surface area (Å²) in [4.78, 5) is 9.64. The molecule has 0 bridgehead atoms. The van der Waals surface area contributed by atoms with Crippen molar-refractivity contribution in [3.8, 4) is 22.4 Å². The highest BCUT2D eigenvalue weighted by Crippen LogP contribution is 2.46. The summed E-state index contributed by atoms with van der Waals surface area (Å²) in [7, 11) is 0. The maximum absolute atomic E-state index is 10.2. The second kappa shape index (κ2) is 7.34. The number of nitrogens with zero attached hydrogens (tertiary/aromatic N) is 4. The van der Waals surface area contributed by atoms with E-state index in [0.29, 0.717) is 17.9 Å². The molecule has 0 atom stereocenters. The van der Waals surface area contributed by atoms with Crippen molar-refractivity contribution in [1.82, 2.24) is 19.6 Å². The Bertz CT molecular complexity index is 1550. The van der Waals surface area contributed by atoms with Gasteiger partial charge >= 0.3 is 0 Å². The second-order valence-electron chi connectivity index (χ2n) is 9.70. The maximum Gasteiger partial charge on any atom is 0.165 e. The quantitative estimate of drug-likeness (QED) is 0.375. The highest BCUT2D eigenvalue weighted by molar-refractivity contribution is 6.30. The van der Waals surface area contributed by atoms with Crippen LogP contribution in [0.1, 0.15) is 31.0 Å². The van der Waals surface area contributed by atoms with Crippen molar-refractivity contribution in [2.45, 2.75) is 37.8 Å². The third kappa shape index (κ3) is 3.46. The van der Waals surface area contributed by atoms with E-state index in [1.165, 1.54) is 0 Å². The fourth-order valence-corrected chi connectivity index (χ4v) is 5.32. The smallest absolute Gasteiger partial charge is 0.165 e. The zero-order valence-corrected chi connectivity index (χ0v) is 19.7. The highest BCUT2D eigenvalue weighted by Gasteiger charge is 2.49. The molecule has 1 saturated carbocycles. The number of rotatable bonds is 3. The number of aliphatic hydroxyl groups is 1. The number of hydrogen-bond acceptors (Lipinski definition) is 5. The van der Waals surface area contributed by atoms with Gasteiger partial charge in [-0.05, 0) is 56.0 Å². The van der Waals surface area contributed by atoms with Gasteiger partial charge in [-0.2, -0.15) is 9.61 Å². The van der Waals surface area contributed by atoms with Crippen LogP contribution in [0.25, 0.3) is 39.1 Å². The molecule has 1 aliphatic carbocycles. The molecule has 0 aliphatic heterocycles. The molecular formula is C27H24ClN5O. The number of halogens is 1. The van der Waals surface area contributed by atoms with Crippen molar-refractivity contribution >= 4 is 28.3 Å². The van der Waals surface area contributed by atoms with Crippen LogP contribution in [0.15, 0.2) is 66.9 Å². The van der Waals surface area contributed by atoms with Gasteiger partial charge in [0.05, 0.1) is 17.0 Å². The molecule has 3 aromatic heterocycles. The van der Waals surface area contributed by atoms with Crippen LogP contribution in [0.5, 0.6) is 0 Å². The summed E-state index contributed by atoms with van der Waals surface area (Å²) in [6.45, 7) is 3.78. The first-order valence-electron chi connectivity index (χ1n) is 11.3. The van der Waals surface area contributed by atoms with Gasteiger partial charge in [-0.1, -0.05) is 48.0 Å². The van der Waals surface area contributed by atoms with E-state index in [4.69, 9.17) is 22.3 Å². The molecule has 0 radical (unpaired) electrons. The number of aryl methyl sites for hydroxylation is 1. The molecule has 6 rings (SSSR count). The van der Waals surface area contributed by atoms with Crippen molar-refractivity contribution in [1.29, 1.82) is 0 Å². The van der Waals surface area contributed by atoms with Crippen LogP contribution >= 0.6 is 11.6 Å². The predicted octanol–water partition coefficient (Wildman–Crippen LogP) is 5.27. The summed E-state index contributed by atoms with van der Waals surface area (Å²) < 4.78 is 1.79. The van der Waals surface area contributed by atoms with Crippen LogP contribution in [-0.2, 0) is 5.54 Å². The van der Waals surface area contributed by atoms with E-state index in [9.17, 15) is 5.11 Å². The fraction of sp³-hybridized carbons (Fsp3) is 0.222. The molecule has 7 heteroatoms. The largest absolute Gasteiger partial charge is 0.390 e. The van der Waals surface area contributed by atoms with E-state index in [2.05, 4.69) is 28.3 Å². The Morgan fingerprint density at radius 3 is 2.35 bits per heavy atom. The van der Waals surface area contributed by atoms with Crippen LogP contribution in [0.2, 0.25) is 5.02 Å². The molecule has 5 aromatic rings. The fourth-order valence-electron chi connectivity index (χ4n) is 5.19. The highest BCUT2D eigenvalue weighted by atomic mass is 35.5. The van der Waals surface area contributed by atoms with E-state index >= 15 is 0 Å². The molecule has 170 valence electrons. The summed E-state index contributed by atoms with van der Waals surface area (Å²) in [5.41, 5.74) is 12.6. The summed E-state index contributed by atoms with van der Waals surface area (Å²) in [5.74, 6) is 0. The van der Waals surface area contributed by atoms with E-state index in [0.717, 1.165) is 50.3 Å². The number of benzene rings is 2.